The first-order chi connectivity index (χ1) is 13.6. The lowest BCUT2D eigenvalue weighted by molar-refractivity contribution is 0.372. The minimum absolute atomic E-state index is 0.380. The number of hydrogen-bond donors (Lipinski definition) is 0. The smallest absolute Gasteiger partial charge is 0.189 e. The summed E-state index contributed by atoms with van der Waals surface area (Å²) in [4.78, 5) is 0.659. The number of hydrogen-bond acceptors (Lipinski definition) is 3. The molecule has 0 saturated heterocycles. The molecule has 0 aromatic heterocycles. The van der Waals surface area contributed by atoms with Crippen LogP contribution in [0.25, 0.3) is 32.7 Å². The van der Waals surface area contributed by atoms with E-state index in [-0.39, 0.29) is 0 Å². The number of rotatable bonds is 5. The van der Waals surface area contributed by atoms with Gasteiger partial charge >= 0.3 is 0 Å². The summed E-state index contributed by atoms with van der Waals surface area (Å²) in [6.45, 7) is 4.31. The molecule has 0 N–H and O–H groups in total. The van der Waals surface area contributed by atoms with Crippen LogP contribution in [0.4, 0.5) is 0 Å². The van der Waals surface area contributed by atoms with E-state index in [1.807, 2.05) is 37.3 Å². The Morgan fingerprint density at radius 3 is 2.39 bits per heavy atom. The minimum atomic E-state index is -1.56. The summed E-state index contributed by atoms with van der Waals surface area (Å²) in [6.07, 6.45) is 0. The van der Waals surface area contributed by atoms with Crippen LogP contribution >= 0.6 is 0 Å². The summed E-state index contributed by atoms with van der Waals surface area (Å²) in [7, 11) is 1.67. The van der Waals surface area contributed by atoms with E-state index in [0.29, 0.717) is 11.5 Å². The van der Waals surface area contributed by atoms with Crippen LogP contribution in [-0.4, -0.2) is 17.9 Å². The van der Waals surface area contributed by atoms with Crippen molar-refractivity contribution in [3.63, 3.8) is 0 Å². The van der Waals surface area contributed by atoms with Gasteiger partial charge in [-0.1, -0.05) is 60.2 Å². The van der Waals surface area contributed by atoms with Gasteiger partial charge in [-0.15, -0.1) is 0 Å². The zero-order valence-electron chi connectivity index (χ0n) is 16.2. The summed E-state index contributed by atoms with van der Waals surface area (Å²) in [5.41, 5.74) is 3.04. The van der Waals surface area contributed by atoms with Crippen molar-refractivity contribution < 1.29 is 13.1 Å². The number of methoxy groups -OCH3 is 1. The monoisotopic (exact) mass is 390 g/mol. The highest BCUT2D eigenvalue weighted by Crippen LogP contribution is 2.43. The molecule has 4 aromatic rings. The van der Waals surface area contributed by atoms with E-state index in [1.54, 1.807) is 7.11 Å². The molecular weight excluding hydrogens is 368 g/mol. The maximum atomic E-state index is 12.9. The lowest BCUT2D eigenvalue weighted by Crippen LogP contribution is -2.02. The Morgan fingerprint density at radius 2 is 1.61 bits per heavy atom. The Kier molecular flexibility index (Phi) is 5.16. The predicted octanol–water partition coefficient (Wildman–Crippen LogP) is 6.04. The van der Waals surface area contributed by atoms with Gasteiger partial charge in [0.1, 0.15) is 5.75 Å². The molecule has 0 aliphatic rings. The summed E-state index contributed by atoms with van der Waals surface area (Å²) >= 11 is -1.56. The van der Waals surface area contributed by atoms with E-state index in [9.17, 15) is 4.21 Å². The van der Waals surface area contributed by atoms with Gasteiger partial charge in [0.25, 0.3) is 0 Å². The molecule has 0 radical (unpaired) electrons. The van der Waals surface area contributed by atoms with Crippen LogP contribution < -0.4 is 4.74 Å². The highest BCUT2D eigenvalue weighted by molar-refractivity contribution is 7.80. The fourth-order valence-corrected chi connectivity index (χ4v) is 4.57. The molecule has 0 fully saturated rings. The van der Waals surface area contributed by atoms with Crippen LogP contribution in [-0.2, 0) is 15.3 Å². The molecule has 142 valence electrons. The molecule has 0 heterocycles. The standard InChI is InChI=1S/C24H22O3S/c1-4-27-28(25)22-14-11-17-7-5-6-8-19(17)24(22)23-20-12-9-16(2)15-18(20)10-13-21(23)26-3/h5-15H,4H2,1-3H3. The fraction of sp³-hybridized carbons (Fsp3) is 0.167. The van der Waals surface area contributed by atoms with Crippen molar-refractivity contribution in [1.29, 1.82) is 0 Å². The van der Waals surface area contributed by atoms with Gasteiger partial charge in [0.15, 0.2) is 11.1 Å². The Hall–Kier alpha value is -2.69. The van der Waals surface area contributed by atoms with Gasteiger partial charge in [0, 0.05) is 11.1 Å². The van der Waals surface area contributed by atoms with Crippen molar-refractivity contribution in [3.05, 3.63) is 72.3 Å². The van der Waals surface area contributed by atoms with E-state index in [0.717, 1.165) is 38.4 Å². The normalized spacial score (nSPS) is 12.4. The zero-order chi connectivity index (χ0) is 19.7. The van der Waals surface area contributed by atoms with Crippen LogP contribution in [0.15, 0.2) is 71.6 Å². The third kappa shape index (κ3) is 3.19. The van der Waals surface area contributed by atoms with Gasteiger partial charge in [-0.3, -0.25) is 4.18 Å². The SMILES string of the molecule is CCOS(=O)c1ccc2ccccc2c1-c1c(OC)ccc2cc(C)ccc12. The average Bonchev–Trinajstić information content (AvgIpc) is 2.72. The second kappa shape index (κ2) is 7.74. The Morgan fingerprint density at radius 1 is 0.857 bits per heavy atom. The van der Waals surface area contributed by atoms with Gasteiger partial charge in [0.05, 0.1) is 18.6 Å². The molecule has 0 aliphatic heterocycles. The van der Waals surface area contributed by atoms with E-state index in [4.69, 9.17) is 8.92 Å². The molecule has 4 heteroatoms. The van der Waals surface area contributed by atoms with E-state index in [2.05, 4.69) is 43.3 Å². The topological polar surface area (TPSA) is 35.5 Å². The van der Waals surface area contributed by atoms with Crippen molar-refractivity contribution >= 4 is 32.6 Å². The molecule has 1 atom stereocenters. The van der Waals surface area contributed by atoms with Crippen molar-refractivity contribution in [3.8, 4) is 16.9 Å². The zero-order valence-corrected chi connectivity index (χ0v) is 17.0. The van der Waals surface area contributed by atoms with Crippen molar-refractivity contribution in [1.82, 2.24) is 0 Å². The van der Waals surface area contributed by atoms with Crippen molar-refractivity contribution in [2.75, 3.05) is 13.7 Å². The Labute approximate surface area is 167 Å². The molecule has 0 spiro atoms. The lowest BCUT2D eigenvalue weighted by Gasteiger charge is -2.18. The second-order valence-corrected chi connectivity index (χ2v) is 7.81. The molecule has 4 aromatic carbocycles. The van der Waals surface area contributed by atoms with E-state index >= 15 is 0 Å². The minimum Gasteiger partial charge on any atom is -0.496 e. The van der Waals surface area contributed by atoms with Crippen LogP contribution in [0.1, 0.15) is 12.5 Å². The molecule has 0 saturated carbocycles. The highest BCUT2D eigenvalue weighted by atomic mass is 32.2. The second-order valence-electron chi connectivity index (χ2n) is 6.67. The Balaban J connectivity index is 2.17. The lowest BCUT2D eigenvalue weighted by atomic mass is 9.92. The summed E-state index contributed by atoms with van der Waals surface area (Å²) < 4.78 is 24.1. The van der Waals surface area contributed by atoms with Gasteiger partial charge < -0.3 is 4.74 Å². The average molecular weight is 391 g/mol. The first-order valence-corrected chi connectivity index (χ1v) is 10.4. The first-order valence-electron chi connectivity index (χ1n) is 9.28. The van der Waals surface area contributed by atoms with Gasteiger partial charge in [-0.05, 0) is 47.5 Å². The maximum absolute atomic E-state index is 12.9. The van der Waals surface area contributed by atoms with E-state index in [1.165, 1.54) is 5.56 Å². The fourth-order valence-electron chi connectivity index (χ4n) is 3.68. The molecular formula is C24H22O3S. The predicted molar refractivity (Wildman–Crippen MR) is 116 cm³/mol. The van der Waals surface area contributed by atoms with Gasteiger partial charge in [-0.25, -0.2) is 4.21 Å². The van der Waals surface area contributed by atoms with E-state index < -0.39 is 11.1 Å². The van der Waals surface area contributed by atoms with Crippen LogP contribution in [0.2, 0.25) is 0 Å². The molecule has 4 rings (SSSR count). The molecule has 28 heavy (non-hydrogen) atoms. The molecule has 0 bridgehead atoms. The van der Waals surface area contributed by atoms with Gasteiger partial charge in [0.2, 0.25) is 0 Å². The number of aryl methyl sites for hydroxylation is 1. The molecule has 3 nitrogen and oxygen atoms in total. The number of ether oxygens (including phenoxy) is 1. The summed E-state index contributed by atoms with van der Waals surface area (Å²) in [5.74, 6) is 0.752. The quantitative estimate of drug-likeness (QED) is 0.417. The highest BCUT2D eigenvalue weighted by Gasteiger charge is 2.21. The largest absolute Gasteiger partial charge is 0.496 e. The third-order valence-corrected chi connectivity index (χ3v) is 6.05. The van der Waals surface area contributed by atoms with Crippen LogP contribution in [0, 0.1) is 6.92 Å². The van der Waals surface area contributed by atoms with Crippen molar-refractivity contribution in [2.45, 2.75) is 18.7 Å². The Bertz CT molecular complexity index is 1200. The summed E-state index contributed by atoms with van der Waals surface area (Å²) in [6, 6.07) is 22.4. The number of fused-ring (bicyclic) bond motifs is 2. The maximum Gasteiger partial charge on any atom is 0.189 e. The van der Waals surface area contributed by atoms with Crippen LogP contribution in [0.5, 0.6) is 5.75 Å². The molecule has 1 unspecified atom stereocenters. The first kappa shape index (κ1) is 18.7. The van der Waals surface area contributed by atoms with Gasteiger partial charge in [-0.2, -0.15) is 0 Å². The van der Waals surface area contributed by atoms with Crippen LogP contribution in [0.3, 0.4) is 0 Å². The number of benzene rings is 4. The summed E-state index contributed by atoms with van der Waals surface area (Å²) in [5, 5.41) is 4.30. The molecule has 0 aliphatic carbocycles. The third-order valence-electron chi connectivity index (χ3n) is 4.90. The molecule has 0 amide bonds. The van der Waals surface area contributed by atoms with Crippen molar-refractivity contribution in [2.24, 2.45) is 0 Å².